The molecule has 0 heterocycles. The average Bonchev–Trinajstić information content (AvgIpc) is 2.20. The topological polar surface area (TPSA) is 463 Å². The average molecular weight is 509 g/mol. The van der Waals surface area contributed by atoms with E-state index in [2.05, 4.69) is 0 Å². The van der Waals surface area contributed by atoms with Gasteiger partial charge in [0.25, 0.3) is 0 Å². The maximum atomic E-state index is 8.25. The molecule has 0 unspecified atom stereocenters. The Morgan fingerprint density at radius 3 is 0.290 bits per heavy atom. The van der Waals surface area contributed by atoms with Crippen molar-refractivity contribution in [1.29, 1.82) is 0 Å². The van der Waals surface area contributed by atoms with E-state index in [4.69, 9.17) is 107 Å². The standard InChI is InChI=1S/B.Ca.Mg.7NO3/c;;;7*2-1(3)4/q+3;2*+2;7*-1. The van der Waals surface area contributed by atoms with Gasteiger partial charge in [-0.25, -0.2) is 0 Å². The van der Waals surface area contributed by atoms with E-state index in [1.54, 1.807) is 0 Å². The van der Waals surface area contributed by atoms with Gasteiger partial charge in [-0.3, -0.25) is 0 Å². The van der Waals surface area contributed by atoms with Crippen LogP contribution in [0.2, 0.25) is 0 Å². The van der Waals surface area contributed by atoms with Gasteiger partial charge in [0.1, 0.15) is 0 Å². The van der Waals surface area contributed by atoms with Gasteiger partial charge in [-0.05, 0) is 0 Å². The van der Waals surface area contributed by atoms with E-state index in [0.29, 0.717) is 0 Å². The van der Waals surface area contributed by atoms with Crippen molar-refractivity contribution in [3.05, 3.63) is 107 Å². The van der Waals surface area contributed by atoms with Crippen LogP contribution >= 0.6 is 0 Å². The number of hydrogen-bond acceptors (Lipinski definition) is 21. The molecule has 0 bridgehead atoms. The Labute approximate surface area is 211 Å². The molecule has 31 heavy (non-hydrogen) atoms. The number of rotatable bonds is 0. The maximum Gasteiger partial charge on any atom is 3.00 e. The van der Waals surface area contributed by atoms with Gasteiger partial charge in [0.05, 0.1) is 35.6 Å². The third kappa shape index (κ3) is 1290. The van der Waals surface area contributed by atoms with Crippen molar-refractivity contribution >= 4 is 69.2 Å². The van der Waals surface area contributed by atoms with Crippen LogP contribution in [0.4, 0.5) is 0 Å². The summed E-state index contributed by atoms with van der Waals surface area (Å²) in [7, 11) is 0. The molecule has 0 aromatic carbocycles. The smallest absolute Gasteiger partial charge is 0.356 e. The summed E-state index contributed by atoms with van der Waals surface area (Å²) >= 11 is 0. The van der Waals surface area contributed by atoms with Crippen molar-refractivity contribution < 1.29 is 35.6 Å². The first-order valence-electron chi connectivity index (χ1n) is 3.83. The molecule has 0 radical (unpaired) electrons. The molecule has 0 aliphatic rings. The quantitative estimate of drug-likeness (QED) is 0.180. The molecule has 0 fully saturated rings. The normalized spacial score (nSPS) is 5.42. The zero-order valence-electron chi connectivity index (χ0n) is 13.7. The fourth-order valence-corrected chi connectivity index (χ4v) is 0. The minimum atomic E-state index is -1.75. The van der Waals surface area contributed by atoms with Gasteiger partial charge >= 0.3 is 69.2 Å². The van der Waals surface area contributed by atoms with E-state index in [9.17, 15) is 0 Å². The van der Waals surface area contributed by atoms with Gasteiger partial charge in [-0.15, -0.1) is 0 Å². The van der Waals surface area contributed by atoms with Gasteiger partial charge in [0.15, 0.2) is 0 Å². The van der Waals surface area contributed by atoms with E-state index in [1.807, 2.05) is 0 Å². The third-order valence-electron chi connectivity index (χ3n) is 0. The van der Waals surface area contributed by atoms with Crippen LogP contribution < -0.4 is 0 Å². The molecule has 0 N–H and O–H groups in total. The van der Waals surface area contributed by atoms with Crippen LogP contribution in [-0.2, 0) is 0 Å². The van der Waals surface area contributed by atoms with Crippen LogP contribution in [0.15, 0.2) is 0 Å². The van der Waals surface area contributed by atoms with Crippen LogP contribution in [0.25, 0.3) is 0 Å². The second-order valence-electron chi connectivity index (χ2n) is 1.57. The van der Waals surface area contributed by atoms with E-state index in [1.165, 1.54) is 0 Å². The van der Waals surface area contributed by atoms with E-state index >= 15 is 0 Å². The first-order valence-corrected chi connectivity index (χ1v) is 3.83. The van der Waals surface area contributed by atoms with Gasteiger partial charge < -0.3 is 107 Å². The summed E-state index contributed by atoms with van der Waals surface area (Å²) in [5.41, 5.74) is 0. The summed E-state index contributed by atoms with van der Waals surface area (Å²) in [6.45, 7) is 0. The Bertz CT molecular complexity index is 321. The zero-order chi connectivity index (χ0) is 25.0. The van der Waals surface area contributed by atoms with E-state index in [0.717, 1.165) is 0 Å². The molecule has 0 aromatic rings. The molecular weight excluding hydrogens is 509 g/mol. The first-order chi connectivity index (χ1) is 12.1. The Morgan fingerprint density at radius 2 is 0.290 bits per heavy atom. The summed E-state index contributed by atoms with van der Waals surface area (Å²) in [5.74, 6) is 0. The van der Waals surface area contributed by atoms with Crippen LogP contribution in [-0.4, -0.2) is 105 Å². The Morgan fingerprint density at radius 1 is 0.290 bits per heavy atom. The molecule has 0 amide bonds. The molecule has 0 aromatic heterocycles. The first kappa shape index (κ1) is 63.1. The fourth-order valence-electron chi connectivity index (χ4n) is 0. The summed E-state index contributed by atoms with van der Waals surface area (Å²) in [6, 6.07) is 0. The van der Waals surface area contributed by atoms with E-state index in [-0.39, 0.29) is 69.2 Å². The van der Waals surface area contributed by atoms with Crippen molar-refractivity contribution in [3.63, 3.8) is 0 Å². The Hall–Kier alpha value is -3.51. The number of hydrogen-bond donors (Lipinski definition) is 0. The molecule has 31 heteroatoms. The molecule has 28 nitrogen and oxygen atoms in total. The molecule has 0 saturated heterocycles. The van der Waals surface area contributed by atoms with Crippen LogP contribution in [0.1, 0.15) is 0 Å². The molecule has 0 aliphatic carbocycles. The predicted molar refractivity (Wildman–Crippen MR) is 89.8 cm³/mol. The van der Waals surface area contributed by atoms with Crippen molar-refractivity contribution in [2.45, 2.75) is 0 Å². The number of nitrogens with zero attached hydrogens (tertiary/aromatic N) is 7. The van der Waals surface area contributed by atoms with Gasteiger partial charge in [-0.1, -0.05) is 0 Å². The van der Waals surface area contributed by atoms with E-state index < -0.39 is 35.6 Å². The third-order valence-corrected chi connectivity index (χ3v) is 0. The minimum absolute atomic E-state index is 0. The molecule has 0 aliphatic heterocycles. The summed E-state index contributed by atoms with van der Waals surface area (Å²) in [4.78, 5) is 57.8. The predicted octanol–water partition coefficient (Wildman–Crippen LogP) is -2.82. The minimum Gasteiger partial charge on any atom is -0.356 e. The molecule has 0 saturated carbocycles. The monoisotopic (exact) mass is 509 g/mol. The van der Waals surface area contributed by atoms with Crippen molar-refractivity contribution in [1.82, 2.24) is 0 Å². The molecule has 0 rings (SSSR count). The van der Waals surface area contributed by atoms with Crippen LogP contribution in [0.5, 0.6) is 0 Å². The zero-order valence-corrected chi connectivity index (χ0v) is 17.3. The fraction of sp³-hybridized carbons (Fsp3) is 0. The molecule has 168 valence electrons. The Balaban J connectivity index is -0.0000000204. The van der Waals surface area contributed by atoms with Crippen LogP contribution in [0.3, 0.4) is 0 Å². The van der Waals surface area contributed by atoms with Crippen LogP contribution in [0, 0.1) is 107 Å². The van der Waals surface area contributed by atoms with Crippen molar-refractivity contribution in [2.24, 2.45) is 0 Å². The van der Waals surface area contributed by atoms with Crippen molar-refractivity contribution in [2.75, 3.05) is 0 Å². The largest absolute Gasteiger partial charge is 3.00 e. The second kappa shape index (κ2) is 56.3. The van der Waals surface area contributed by atoms with Gasteiger partial charge in [0, 0.05) is 0 Å². The van der Waals surface area contributed by atoms with Gasteiger partial charge in [-0.2, -0.15) is 0 Å². The molecular formula is BCaMgN7O21. The molecule has 0 atom stereocenters. The van der Waals surface area contributed by atoms with Gasteiger partial charge in [0.2, 0.25) is 0 Å². The maximum absolute atomic E-state index is 8.25. The summed E-state index contributed by atoms with van der Waals surface area (Å²) in [5, 5.41) is 103. The second-order valence-corrected chi connectivity index (χ2v) is 1.57. The van der Waals surface area contributed by atoms with Crippen molar-refractivity contribution in [3.8, 4) is 0 Å². The SMILES string of the molecule is O=[N+]([O-])[O-].O=[N+]([O-])[O-].O=[N+]([O-])[O-].O=[N+]([O-])[O-].O=[N+]([O-])[O-].O=[N+]([O-])[O-].O=[N+]([O-])[O-].[B+3].[Ca+2].[Mg+2]. The summed E-state index contributed by atoms with van der Waals surface area (Å²) < 4.78 is 0. The Kier molecular flexibility index (Phi) is 114. The summed E-state index contributed by atoms with van der Waals surface area (Å²) in [6.07, 6.45) is 0. The molecule has 0 spiro atoms.